The molecule has 0 radical (unpaired) electrons. The number of rotatable bonds is 3. The molecule has 1 saturated heterocycles. The Labute approximate surface area is 123 Å². The minimum atomic E-state index is -0.598. The van der Waals surface area contributed by atoms with Crippen molar-refractivity contribution in [2.75, 3.05) is 6.54 Å². The Morgan fingerprint density at radius 2 is 2.10 bits per heavy atom. The number of piperazine rings is 1. The number of hydrogen-bond acceptors (Lipinski definition) is 3. The highest BCUT2D eigenvalue weighted by atomic mass is 32.1. The van der Waals surface area contributed by atoms with Crippen molar-refractivity contribution in [1.82, 2.24) is 10.2 Å². The summed E-state index contributed by atoms with van der Waals surface area (Å²) in [4.78, 5) is 27.7. The van der Waals surface area contributed by atoms with Crippen LogP contribution in [-0.4, -0.2) is 28.8 Å². The van der Waals surface area contributed by atoms with Crippen LogP contribution in [0.1, 0.15) is 43.0 Å². The first kappa shape index (κ1) is 13.6. The van der Waals surface area contributed by atoms with Gasteiger partial charge in [-0.25, -0.2) is 0 Å². The number of carbonyl (C=O) groups is 2. The molecule has 1 aliphatic heterocycles. The van der Waals surface area contributed by atoms with Crippen LogP contribution < -0.4 is 5.32 Å². The van der Waals surface area contributed by atoms with E-state index in [1.807, 2.05) is 0 Å². The van der Waals surface area contributed by atoms with Crippen molar-refractivity contribution >= 4 is 23.2 Å². The molecule has 4 nitrogen and oxygen atoms in total. The number of thiophene rings is 1. The van der Waals surface area contributed by atoms with Crippen LogP contribution in [0.5, 0.6) is 0 Å². The highest BCUT2D eigenvalue weighted by molar-refractivity contribution is 7.10. The Kier molecular flexibility index (Phi) is 3.54. The van der Waals surface area contributed by atoms with E-state index in [0.717, 1.165) is 32.1 Å². The molecule has 1 spiro atoms. The molecule has 1 aliphatic carbocycles. The zero-order valence-electron chi connectivity index (χ0n) is 11.8. The van der Waals surface area contributed by atoms with E-state index in [1.54, 1.807) is 16.2 Å². The van der Waals surface area contributed by atoms with Gasteiger partial charge in [-0.2, -0.15) is 0 Å². The van der Waals surface area contributed by atoms with E-state index < -0.39 is 5.54 Å². The summed E-state index contributed by atoms with van der Waals surface area (Å²) in [5, 5.41) is 5.02. The smallest absolute Gasteiger partial charge is 0.249 e. The van der Waals surface area contributed by atoms with E-state index in [4.69, 9.17) is 0 Å². The van der Waals surface area contributed by atoms with Gasteiger partial charge in [0.1, 0.15) is 12.1 Å². The molecule has 0 aromatic carbocycles. The second-order valence-electron chi connectivity index (χ2n) is 5.72. The van der Waals surface area contributed by atoms with E-state index in [1.165, 1.54) is 10.4 Å². The molecule has 1 aromatic rings. The number of nitrogens with zero attached hydrogens (tertiary/aromatic N) is 1. The molecule has 20 heavy (non-hydrogen) atoms. The first-order valence-corrected chi connectivity index (χ1v) is 8.18. The highest BCUT2D eigenvalue weighted by Crippen LogP contribution is 2.34. The van der Waals surface area contributed by atoms with E-state index in [9.17, 15) is 9.59 Å². The predicted molar refractivity (Wildman–Crippen MR) is 78.5 cm³/mol. The summed E-state index contributed by atoms with van der Waals surface area (Å²) in [7, 11) is 0. The molecule has 108 valence electrons. The maximum atomic E-state index is 12.7. The van der Waals surface area contributed by atoms with Crippen molar-refractivity contribution in [2.45, 2.75) is 51.1 Å². The standard InChI is InChI=1S/C15H20N2O2S/c1-2-11-5-8-20-12(11)9-17-10-13(18)16-15(14(17)19)6-3-4-7-15/h5,8H,2-4,6-7,9-10H2,1H3,(H,16,18). The summed E-state index contributed by atoms with van der Waals surface area (Å²) in [5.41, 5.74) is 0.688. The zero-order valence-corrected chi connectivity index (χ0v) is 12.6. The monoisotopic (exact) mass is 292 g/mol. The molecule has 1 N–H and O–H groups in total. The van der Waals surface area contributed by atoms with Gasteiger partial charge < -0.3 is 10.2 Å². The van der Waals surface area contributed by atoms with Gasteiger partial charge in [-0.05, 0) is 36.3 Å². The number of hydrogen-bond donors (Lipinski definition) is 1. The van der Waals surface area contributed by atoms with Crippen LogP contribution in [0.4, 0.5) is 0 Å². The fourth-order valence-electron chi connectivity index (χ4n) is 3.35. The third kappa shape index (κ3) is 2.24. The molecule has 3 rings (SSSR count). The molecule has 5 heteroatoms. The number of nitrogens with one attached hydrogen (secondary N) is 1. The number of aryl methyl sites for hydroxylation is 1. The molecule has 0 atom stereocenters. The third-order valence-electron chi connectivity index (χ3n) is 4.42. The van der Waals surface area contributed by atoms with Crippen molar-refractivity contribution < 1.29 is 9.59 Å². The van der Waals surface area contributed by atoms with Crippen LogP contribution in [0.15, 0.2) is 11.4 Å². The van der Waals surface area contributed by atoms with E-state index >= 15 is 0 Å². The molecule has 0 unspecified atom stereocenters. The molecule has 0 bridgehead atoms. The molecule has 2 aliphatic rings. The van der Waals surface area contributed by atoms with Gasteiger partial charge in [-0.3, -0.25) is 9.59 Å². The summed E-state index contributed by atoms with van der Waals surface area (Å²) in [6, 6.07) is 2.11. The van der Waals surface area contributed by atoms with Gasteiger partial charge in [-0.15, -0.1) is 11.3 Å². The topological polar surface area (TPSA) is 49.4 Å². The SMILES string of the molecule is CCc1ccsc1CN1CC(=O)NC2(CCCC2)C1=O. The largest absolute Gasteiger partial charge is 0.340 e. The van der Waals surface area contributed by atoms with Gasteiger partial charge >= 0.3 is 0 Å². The molecule has 2 amide bonds. The predicted octanol–water partition coefficient (Wildman–Crippen LogP) is 2.08. The minimum absolute atomic E-state index is 0.0129. The lowest BCUT2D eigenvalue weighted by atomic mass is 9.93. The van der Waals surface area contributed by atoms with Crippen LogP contribution in [0.25, 0.3) is 0 Å². The van der Waals surface area contributed by atoms with Crippen LogP contribution in [-0.2, 0) is 22.6 Å². The van der Waals surface area contributed by atoms with Crippen LogP contribution in [0.2, 0.25) is 0 Å². The highest BCUT2D eigenvalue weighted by Gasteiger charge is 2.48. The zero-order chi connectivity index (χ0) is 14.2. The minimum Gasteiger partial charge on any atom is -0.340 e. The average Bonchev–Trinajstić information content (AvgIpc) is 3.05. The Balaban J connectivity index is 1.82. The summed E-state index contributed by atoms with van der Waals surface area (Å²) >= 11 is 1.68. The lowest BCUT2D eigenvalue weighted by Crippen LogP contribution is -2.65. The second kappa shape index (κ2) is 5.20. The van der Waals surface area contributed by atoms with Crippen molar-refractivity contribution in [3.63, 3.8) is 0 Å². The maximum Gasteiger partial charge on any atom is 0.249 e. The fourth-order valence-corrected chi connectivity index (χ4v) is 4.34. The van der Waals surface area contributed by atoms with Gasteiger partial charge in [0, 0.05) is 4.88 Å². The van der Waals surface area contributed by atoms with Crippen LogP contribution in [0, 0.1) is 0 Å². The summed E-state index contributed by atoms with van der Waals surface area (Å²) in [5.74, 6) is 0.103. The summed E-state index contributed by atoms with van der Waals surface area (Å²) in [6.07, 6.45) is 4.61. The molecule has 1 aromatic heterocycles. The van der Waals surface area contributed by atoms with E-state index in [0.29, 0.717) is 6.54 Å². The molecule has 2 heterocycles. The van der Waals surface area contributed by atoms with Crippen molar-refractivity contribution in [3.05, 3.63) is 21.9 Å². The Morgan fingerprint density at radius 3 is 2.80 bits per heavy atom. The molecular weight excluding hydrogens is 272 g/mol. The van der Waals surface area contributed by atoms with Gasteiger partial charge in [0.15, 0.2) is 0 Å². The second-order valence-corrected chi connectivity index (χ2v) is 6.72. The van der Waals surface area contributed by atoms with E-state index in [2.05, 4.69) is 23.7 Å². The maximum absolute atomic E-state index is 12.7. The van der Waals surface area contributed by atoms with Gasteiger partial charge in [0.05, 0.1) is 6.54 Å². The first-order chi connectivity index (χ1) is 9.64. The molecular formula is C15H20N2O2S. The van der Waals surface area contributed by atoms with Crippen LogP contribution in [0.3, 0.4) is 0 Å². The van der Waals surface area contributed by atoms with Crippen molar-refractivity contribution in [2.24, 2.45) is 0 Å². The molecule has 1 saturated carbocycles. The van der Waals surface area contributed by atoms with Gasteiger partial charge in [0.2, 0.25) is 11.8 Å². The normalized spacial score (nSPS) is 21.6. The Hall–Kier alpha value is -1.36. The third-order valence-corrected chi connectivity index (χ3v) is 5.37. The lowest BCUT2D eigenvalue weighted by Gasteiger charge is -2.39. The fraction of sp³-hybridized carbons (Fsp3) is 0.600. The summed E-state index contributed by atoms with van der Waals surface area (Å²) in [6.45, 7) is 2.89. The van der Waals surface area contributed by atoms with Gasteiger partial charge in [0.25, 0.3) is 0 Å². The van der Waals surface area contributed by atoms with E-state index in [-0.39, 0.29) is 18.4 Å². The average molecular weight is 292 g/mol. The quantitative estimate of drug-likeness (QED) is 0.927. The molecule has 2 fully saturated rings. The number of carbonyl (C=O) groups excluding carboxylic acids is 2. The lowest BCUT2D eigenvalue weighted by molar-refractivity contribution is -0.150. The van der Waals surface area contributed by atoms with Crippen LogP contribution >= 0.6 is 11.3 Å². The number of amides is 2. The first-order valence-electron chi connectivity index (χ1n) is 7.30. The Morgan fingerprint density at radius 1 is 1.35 bits per heavy atom. The Bertz CT molecular complexity index is 532. The van der Waals surface area contributed by atoms with Crippen molar-refractivity contribution in [1.29, 1.82) is 0 Å². The van der Waals surface area contributed by atoms with Gasteiger partial charge in [-0.1, -0.05) is 19.8 Å². The van der Waals surface area contributed by atoms with Crippen molar-refractivity contribution in [3.8, 4) is 0 Å². The summed E-state index contributed by atoms with van der Waals surface area (Å²) < 4.78 is 0.